The summed E-state index contributed by atoms with van der Waals surface area (Å²) < 4.78 is 0. The molecule has 0 aliphatic carbocycles. The molecule has 0 saturated carbocycles. The molecule has 1 fully saturated rings. The van der Waals surface area contributed by atoms with E-state index in [1.807, 2.05) is 5.38 Å². The molecule has 0 spiro atoms. The molecule has 0 aromatic carbocycles. The first kappa shape index (κ1) is 13.3. The molecule has 96 valence electrons. The van der Waals surface area contributed by atoms with Gasteiger partial charge in [-0.05, 0) is 45.0 Å². The highest BCUT2D eigenvalue weighted by molar-refractivity contribution is 7.10. The van der Waals surface area contributed by atoms with Gasteiger partial charge in [-0.15, -0.1) is 11.3 Å². The van der Waals surface area contributed by atoms with E-state index in [0.29, 0.717) is 0 Å². The van der Waals surface area contributed by atoms with Gasteiger partial charge in [-0.2, -0.15) is 0 Å². The van der Waals surface area contributed by atoms with Crippen molar-refractivity contribution in [3.05, 3.63) is 21.3 Å². The van der Waals surface area contributed by atoms with Crippen LogP contribution in [0.4, 0.5) is 0 Å². The third-order valence-corrected chi connectivity index (χ3v) is 4.72. The number of hydrogen-bond donors (Lipinski definition) is 1. The molecule has 1 saturated heterocycles. The molecule has 1 aromatic heterocycles. The molecule has 1 aromatic rings. The highest BCUT2D eigenvalue weighted by Crippen LogP contribution is 2.23. The van der Waals surface area contributed by atoms with Gasteiger partial charge in [0.25, 0.3) is 0 Å². The largest absolute Gasteiger partial charge is 0.317 e. The first-order chi connectivity index (χ1) is 8.29. The highest BCUT2D eigenvalue weighted by Gasteiger charge is 2.19. The summed E-state index contributed by atoms with van der Waals surface area (Å²) in [5.74, 6) is 0. The Kier molecular flexibility index (Phi) is 5.29. The molecule has 2 nitrogen and oxygen atoms in total. The van der Waals surface area contributed by atoms with Crippen LogP contribution in [0.5, 0.6) is 0 Å². The van der Waals surface area contributed by atoms with Crippen LogP contribution < -0.4 is 5.32 Å². The van der Waals surface area contributed by atoms with Crippen LogP contribution in [0.3, 0.4) is 0 Å². The molecule has 0 bridgehead atoms. The zero-order valence-electron chi connectivity index (χ0n) is 10.4. The Labute approximate surface area is 113 Å². The van der Waals surface area contributed by atoms with Crippen LogP contribution in [0.15, 0.2) is 11.4 Å². The van der Waals surface area contributed by atoms with Crippen molar-refractivity contribution in [3.63, 3.8) is 0 Å². The molecule has 1 aliphatic rings. The molecular weight excluding hydrogens is 252 g/mol. The molecule has 2 heterocycles. The van der Waals surface area contributed by atoms with Crippen molar-refractivity contribution in [2.24, 2.45) is 0 Å². The van der Waals surface area contributed by atoms with Crippen molar-refractivity contribution in [1.29, 1.82) is 0 Å². The summed E-state index contributed by atoms with van der Waals surface area (Å²) in [5, 5.41) is 6.38. The number of rotatable bonds is 4. The minimum Gasteiger partial charge on any atom is -0.317 e. The lowest BCUT2D eigenvalue weighted by atomic mass is 10.1. The predicted octanol–water partition coefficient (Wildman–Crippen LogP) is 3.37. The van der Waals surface area contributed by atoms with Gasteiger partial charge < -0.3 is 5.32 Å². The molecule has 17 heavy (non-hydrogen) atoms. The first-order valence-electron chi connectivity index (χ1n) is 6.47. The van der Waals surface area contributed by atoms with Crippen LogP contribution in [0.1, 0.15) is 31.1 Å². The van der Waals surface area contributed by atoms with Crippen LogP contribution in [0, 0.1) is 0 Å². The molecule has 1 aliphatic heterocycles. The fourth-order valence-corrected chi connectivity index (χ4v) is 3.60. The van der Waals surface area contributed by atoms with Gasteiger partial charge in [0.15, 0.2) is 0 Å². The van der Waals surface area contributed by atoms with E-state index in [1.165, 1.54) is 30.7 Å². The normalized spacial score (nSPS) is 21.7. The standard InChI is InChI=1S/C13H21ClN2S/c1-2-16(9-13-8-11(14)10-17-13)12-4-3-6-15-7-5-12/h8,10,12,15H,2-7,9H2,1H3. The fraction of sp³-hybridized carbons (Fsp3) is 0.692. The van der Waals surface area contributed by atoms with Crippen molar-refractivity contribution in [3.8, 4) is 0 Å². The Bertz CT molecular complexity index is 332. The van der Waals surface area contributed by atoms with E-state index in [0.717, 1.165) is 30.7 Å². The van der Waals surface area contributed by atoms with E-state index in [4.69, 9.17) is 11.6 Å². The lowest BCUT2D eigenvalue weighted by molar-refractivity contribution is 0.184. The van der Waals surface area contributed by atoms with Crippen LogP contribution in [0.25, 0.3) is 0 Å². The maximum absolute atomic E-state index is 5.98. The summed E-state index contributed by atoms with van der Waals surface area (Å²) in [6.07, 6.45) is 3.89. The van der Waals surface area contributed by atoms with Crippen molar-refractivity contribution >= 4 is 22.9 Å². The summed E-state index contributed by atoms with van der Waals surface area (Å²) in [4.78, 5) is 3.98. The summed E-state index contributed by atoms with van der Waals surface area (Å²) >= 11 is 7.75. The topological polar surface area (TPSA) is 15.3 Å². The van der Waals surface area contributed by atoms with E-state index >= 15 is 0 Å². The van der Waals surface area contributed by atoms with Crippen molar-refractivity contribution < 1.29 is 0 Å². The number of thiophene rings is 1. The predicted molar refractivity (Wildman–Crippen MR) is 75.9 cm³/mol. The zero-order chi connectivity index (χ0) is 12.1. The lowest BCUT2D eigenvalue weighted by Crippen LogP contribution is -2.35. The fourth-order valence-electron chi connectivity index (χ4n) is 2.50. The minimum atomic E-state index is 0.732. The minimum absolute atomic E-state index is 0.732. The van der Waals surface area contributed by atoms with Gasteiger partial charge in [0, 0.05) is 22.8 Å². The van der Waals surface area contributed by atoms with Crippen molar-refractivity contribution in [1.82, 2.24) is 10.2 Å². The Morgan fingerprint density at radius 3 is 3.06 bits per heavy atom. The van der Waals surface area contributed by atoms with Crippen LogP contribution in [-0.4, -0.2) is 30.6 Å². The second-order valence-corrected chi connectivity index (χ2v) is 6.06. The van der Waals surface area contributed by atoms with Crippen LogP contribution in [-0.2, 0) is 6.54 Å². The van der Waals surface area contributed by atoms with E-state index < -0.39 is 0 Å². The van der Waals surface area contributed by atoms with Crippen molar-refractivity contribution in [2.45, 2.75) is 38.8 Å². The van der Waals surface area contributed by atoms with E-state index in [2.05, 4.69) is 23.2 Å². The monoisotopic (exact) mass is 272 g/mol. The number of hydrogen-bond acceptors (Lipinski definition) is 3. The van der Waals surface area contributed by atoms with Gasteiger partial charge in [-0.1, -0.05) is 18.5 Å². The molecule has 4 heteroatoms. The SMILES string of the molecule is CCN(Cc1cc(Cl)cs1)C1CCCNCC1. The third kappa shape index (κ3) is 3.95. The number of nitrogens with one attached hydrogen (secondary N) is 1. The van der Waals surface area contributed by atoms with Gasteiger partial charge in [-0.25, -0.2) is 0 Å². The Morgan fingerprint density at radius 1 is 1.47 bits per heavy atom. The Balaban J connectivity index is 1.95. The average Bonchev–Trinajstić information content (AvgIpc) is 2.58. The highest BCUT2D eigenvalue weighted by atomic mass is 35.5. The van der Waals surface area contributed by atoms with Gasteiger partial charge >= 0.3 is 0 Å². The quantitative estimate of drug-likeness (QED) is 0.904. The summed E-state index contributed by atoms with van der Waals surface area (Å²) in [5.41, 5.74) is 0. The van der Waals surface area contributed by atoms with Gasteiger partial charge in [-0.3, -0.25) is 4.90 Å². The molecule has 0 radical (unpaired) electrons. The second-order valence-electron chi connectivity index (χ2n) is 4.63. The molecule has 1 N–H and O–H groups in total. The van der Waals surface area contributed by atoms with Crippen molar-refractivity contribution in [2.75, 3.05) is 19.6 Å². The number of halogens is 1. The van der Waals surface area contributed by atoms with Gasteiger partial charge in [0.05, 0.1) is 5.02 Å². The molecular formula is C13H21ClN2S. The summed E-state index contributed by atoms with van der Waals surface area (Å²) in [6, 6.07) is 2.83. The van der Waals surface area contributed by atoms with E-state index in [1.54, 1.807) is 11.3 Å². The summed E-state index contributed by atoms with van der Waals surface area (Å²) in [7, 11) is 0. The van der Waals surface area contributed by atoms with Gasteiger partial charge in [0.2, 0.25) is 0 Å². The molecule has 1 atom stereocenters. The van der Waals surface area contributed by atoms with Crippen LogP contribution >= 0.6 is 22.9 Å². The van der Waals surface area contributed by atoms with E-state index in [-0.39, 0.29) is 0 Å². The van der Waals surface area contributed by atoms with Crippen LogP contribution in [0.2, 0.25) is 5.02 Å². The maximum atomic E-state index is 5.98. The maximum Gasteiger partial charge on any atom is 0.0516 e. The lowest BCUT2D eigenvalue weighted by Gasteiger charge is -2.29. The third-order valence-electron chi connectivity index (χ3n) is 3.45. The van der Waals surface area contributed by atoms with E-state index in [9.17, 15) is 0 Å². The molecule has 2 rings (SSSR count). The molecule has 1 unspecified atom stereocenters. The first-order valence-corrected chi connectivity index (χ1v) is 7.73. The molecule has 0 amide bonds. The second kappa shape index (κ2) is 6.74. The van der Waals surface area contributed by atoms with Gasteiger partial charge in [0.1, 0.15) is 0 Å². The zero-order valence-corrected chi connectivity index (χ0v) is 12.0. The smallest absolute Gasteiger partial charge is 0.0516 e. The Morgan fingerprint density at radius 2 is 2.35 bits per heavy atom. The summed E-state index contributed by atoms with van der Waals surface area (Å²) in [6.45, 7) is 6.78. The average molecular weight is 273 g/mol. The Hall–Kier alpha value is -0.0900. The number of nitrogens with zero attached hydrogens (tertiary/aromatic N) is 1.